The van der Waals surface area contributed by atoms with E-state index in [0.717, 1.165) is 10.5 Å². The molecule has 7 heteroatoms. The molecule has 1 N–H and O–H groups in total. The van der Waals surface area contributed by atoms with Crippen molar-refractivity contribution in [2.24, 2.45) is 10.2 Å². The lowest BCUT2D eigenvalue weighted by molar-refractivity contribution is 0.0692. The smallest absolute Gasteiger partial charge is 0.358 e. The Balaban J connectivity index is 2.11. The summed E-state index contributed by atoms with van der Waals surface area (Å²) < 4.78 is 1.64. The summed E-state index contributed by atoms with van der Waals surface area (Å²) in [6, 6.07) is 11.3. The zero-order valence-electron chi connectivity index (χ0n) is 12.6. The number of carboxylic acids is 1. The lowest BCUT2D eigenvalue weighted by Gasteiger charge is -1.99. The van der Waals surface area contributed by atoms with Gasteiger partial charge in [-0.25, -0.2) is 9.78 Å². The predicted molar refractivity (Wildman–Crippen MR) is 89.3 cm³/mol. The van der Waals surface area contributed by atoms with Gasteiger partial charge in [-0.1, -0.05) is 12.1 Å². The molecule has 3 rings (SSSR count). The fraction of sp³-hybridized carbons (Fsp3) is 0.125. The lowest BCUT2D eigenvalue weighted by Crippen LogP contribution is -1.96. The normalized spacial score (nSPS) is 11.4. The molecule has 116 valence electrons. The molecule has 1 aromatic carbocycles. The molecular formula is C16H14N4O2S. The molecule has 23 heavy (non-hydrogen) atoms. The summed E-state index contributed by atoms with van der Waals surface area (Å²) in [5.41, 5.74) is 2.00. The van der Waals surface area contributed by atoms with Gasteiger partial charge in [0.05, 0.1) is 5.69 Å². The first-order valence-electron chi connectivity index (χ1n) is 6.87. The van der Waals surface area contributed by atoms with Gasteiger partial charge in [-0.05, 0) is 43.0 Å². The number of benzene rings is 1. The van der Waals surface area contributed by atoms with E-state index in [9.17, 15) is 9.90 Å². The molecule has 0 amide bonds. The van der Waals surface area contributed by atoms with Crippen molar-refractivity contribution >= 4 is 34.9 Å². The molecule has 0 fully saturated rings. The second kappa shape index (κ2) is 6.21. The molecule has 2 aromatic heterocycles. The SMILES string of the molecule is CSc1cccc(N=Nc2c(C(=O)O)nc3c(C)cccn23)c1. The number of imidazole rings is 1. The fourth-order valence-electron chi connectivity index (χ4n) is 2.21. The maximum absolute atomic E-state index is 11.4. The van der Waals surface area contributed by atoms with Crippen LogP contribution in [-0.4, -0.2) is 26.7 Å². The van der Waals surface area contributed by atoms with Crippen LogP contribution in [-0.2, 0) is 0 Å². The van der Waals surface area contributed by atoms with Gasteiger partial charge >= 0.3 is 5.97 Å². The van der Waals surface area contributed by atoms with E-state index in [1.54, 1.807) is 22.4 Å². The maximum atomic E-state index is 11.4. The number of rotatable bonds is 4. The Hall–Kier alpha value is -2.67. The third kappa shape index (κ3) is 2.95. The van der Waals surface area contributed by atoms with E-state index in [1.165, 1.54) is 0 Å². The van der Waals surface area contributed by atoms with Crippen LogP contribution in [0.4, 0.5) is 11.5 Å². The zero-order chi connectivity index (χ0) is 16.4. The molecule has 0 aliphatic heterocycles. The topological polar surface area (TPSA) is 79.3 Å². The highest BCUT2D eigenvalue weighted by Gasteiger charge is 2.19. The van der Waals surface area contributed by atoms with Crippen molar-refractivity contribution in [3.63, 3.8) is 0 Å². The van der Waals surface area contributed by atoms with Gasteiger partial charge in [0.1, 0.15) is 5.65 Å². The predicted octanol–water partition coefficient (Wildman–Crippen LogP) is 4.48. The van der Waals surface area contributed by atoms with E-state index in [0.29, 0.717) is 11.3 Å². The highest BCUT2D eigenvalue weighted by atomic mass is 32.2. The Morgan fingerprint density at radius 3 is 2.83 bits per heavy atom. The summed E-state index contributed by atoms with van der Waals surface area (Å²) in [6.45, 7) is 1.87. The molecule has 0 aliphatic carbocycles. The number of aromatic carboxylic acids is 1. The summed E-state index contributed by atoms with van der Waals surface area (Å²) in [4.78, 5) is 16.7. The van der Waals surface area contributed by atoms with E-state index in [-0.39, 0.29) is 11.5 Å². The molecule has 0 spiro atoms. The highest BCUT2D eigenvalue weighted by Crippen LogP contribution is 2.27. The number of aromatic nitrogens is 2. The molecule has 3 aromatic rings. The first-order valence-corrected chi connectivity index (χ1v) is 8.09. The van der Waals surface area contributed by atoms with Crippen molar-refractivity contribution in [2.45, 2.75) is 11.8 Å². The molecular weight excluding hydrogens is 312 g/mol. The Kier molecular flexibility index (Phi) is 4.12. The van der Waals surface area contributed by atoms with Crippen LogP contribution in [0.25, 0.3) is 5.65 Å². The van der Waals surface area contributed by atoms with Crippen LogP contribution in [0.5, 0.6) is 0 Å². The van der Waals surface area contributed by atoms with E-state index >= 15 is 0 Å². The number of hydrogen-bond donors (Lipinski definition) is 1. The molecule has 2 heterocycles. The van der Waals surface area contributed by atoms with E-state index in [1.807, 2.05) is 49.6 Å². The molecule has 0 saturated carbocycles. The number of hydrogen-bond acceptors (Lipinski definition) is 5. The van der Waals surface area contributed by atoms with Gasteiger partial charge in [-0.15, -0.1) is 22.0 Å². The minimum Gasteiger partial charge on any atom is -0.476 e. The third-order valence-electron chi connectivity index (χ3n) is 3.34. The van der Waals surface area contributed by atoms with Crippen molar-refractivity contribution in [1.82, 2.24) is 9.38 Å². The average molecular weight is 326 g/mol. The highest BCUT2D eigenvalue weighted by molar-refractivity contribution is 7.98. The summed E-state index contributed by atoms with van der Waals surface area (Å²) in [7, 11) is 0. The third-order valence-corrected chi connectivity index (χ3v) is 4.06. The number of azo groups is 1. The van der Waals surface area contributed by atoms with Crippen molar-refractivity contribution in [3.8, 4) is 0 Å². The Labute approximate surface area is 136 Å². The van der Waals surface area contributed by atoms with Gasteiger partial charge in [0.15, 0.2) is 11.5 Å². The van der Waals surface area contributed by atoms with Crippen LogP contribution in [0.15, 0.2) is 57.7 Å². The first-order chi connectivity index (χ1) is 11.1. The lowest BCUT2D eigenvalue weighted by atomic mass is 10.3. The molecule has 0 aliphatic rings. The quantitative estimate of drug-likeness (QED) is 0.566. The van der Waals surface area contributed by atoms with Crippen LogP contribution < -0.4 is 0 Å². The minimum atomic E-state index is -1.13. The van der Waals surface area contributed by atoms with Crippen LogP contribution in [0.1, 0.15) is 16.1 Å². The van der Waals surface area contributed by atoms with E-state index in [2.05, 4.69) is 15.2 Å². The van der Waals surface area contributed by atoms with Gasteiger partial charge in [0.2, 0.25) is 0 Å². The summed E-state index contributed by atoms with van der Waals surface area (Å²) in [5, 5.41) is 17.7. The number of nitrogens with zero attached hydrogens (tertiary/aromatic N) is 4. The number of carboxylic acid groups (broad SMARTS) is 1. The first kappa shape index (κ1) is 15.2. The molecule has 0 atom stereocenters. The van der Waals surface area contributed by atoms with Gasteiger partial charge in [0, 0.05) is 11.1 Å². The monoisotopic (exact) mass is 326 g/mol. The van der Waals surface area contributed by atoms with Crippen molar-refractivity contribution < 1.29 is 9.90 Å². The standard InChI is InChI=1S/C16H14N4O2S/c1-10-5-4-8-20-14(10)17-13(16(21)22)15(20)19-18-11-6-3-7-12(9-11)23-2/h3-9H,1-2H3,(H,21,22). The van der Waals surface area contributed by atoms with Crippen LogP contribution in [0, 0.1) is 6.92 Å². The largest absolute Gasteiger partial charge is 0.476 e. The second-order valence-electron chi connectivity index (χ2n) is 4.88. The Bertz CT molecular complexity index is 918. The van der Waals surface area contributed by atoms with Crippen LogP contribution in [0.2, 0.25) is 0 Å². The van der Waals surface area contributed by atoms with Crippen molar-refractivity contribution in [2.75, 3.05) is 6.26 Å². The zero-order valence-corrected chi connectivity index (χ0v) is 13.4. The molecule has 6 nitrogen and oxygen atoms in total. The average Bonchev–Trinajstić information content (AvgIpc) is 2.93. The maximum Gasteiger partial charge on any atom is 0.358 e. The number of carbonyl (C=O) groups is 1. The van der Waals surface area contributed by atoms with Gasteiger partial charge in [-0.2, -0.15) is 0 Å². The number of aryl methyl sites for hydroxylation is 1. The summed E-state index contributed by atoms with van der Waals surface area (Å²) in [6.07, 6.45) is 3.71. The van der Waals surface area contributed by atoms with Gasteiger partial charge in [-0.3, -0.25) is 4.40 Å². The number of fused-ring (bicyclic) bond motifs is 1. The minimum absolute atomic E-state index is 0.107. The second-order valence-corrected chi connectivity index (χ2v) is 5.76. The van der Waals surface area contributed by atoms with Crippen molar-refractivity contribution in [3.05, 3.63) is 53.9 Å². The van der Waals surface area contributed by atoms with Gasteiger partial charge < -0.3 is 5.11 Å². The van der Waals surface area contributed by atoms with E-state index < -0.39 is 5.97 Å². The Morgan fingerprint density at radius 1 is 1.26 bits per heavy atom. The summed E-state index contributed by atoms with van der Waals surface area (Å²) in [5.74, 6) is -0.911. The molecule has 0 bridgehead atoms. The Morgan fingerprint density at radius 2 is 2.09 bits per heavy atom. The molecule has 0 saturated heterocycles. The van der Waals surface area contributed by atoms with Crippen molar-refractivity contribution in [1.29, 1.82) is 0 Å². The van der Waals surface area contributed by atoms with Crippen LogP contribution in [0.3, 0.4) is 0 Å². The molecule has 0 unspecified atom stereocenters. The van der Waals surface area contributed by atoms with E-state index in [4.69, 9.17) is 0 Å². The fourth-order valence-corrected chi connectivity index (χ4v) is 2.66. The molecule has 0 radical (unpaired) electrons. The van der Waals surface area contributed by atoms with Crippen LogP contribution >= 0.6 is 11.8 Å². The summed E-state index contributed by atoms with van der Waals surface area (Å²) >= 11 is 1.61. The van der Waals surface area contributed by atoms with Gasteiger partial charge in [0.25, 0.3) is 0 Å². The number of pyridine rings is 1. The number of thioether (sulfide) groups is 1.